The van der Waals surface area contributed by atoms with Gasteiger partial charge < -0.3 is 10.5 Å². The molecule has 0 aliphatic carbocycles. The molecule has 1 rings (SSSR count). The Morgan fingerprint density at radius 2 is 2.12 bits per heavy atom. The maximum Gasteiger partial charge on any atom is 0.134 e. The second-order valence-electron chi connectivity index (χ2n) is 3.62. The number of methoxy groups -OCH3 is 1. The van der Waals surface area contributed by atoms with Crippen LogP contribution in [0.15, 0.2) is 30.3 Å². The third-order valence-electron chi connectivity index (χ3n) is 2.18. The van der Waals surface area contributed by atoms with E-state index in [1.165, 1.54) is 0 Å². The van der Waals surface area contributed by atoms with Crippen molar-refractivity contribution in [3.8, 4) is 5.75 Å². The van der Waals surface area contributed by atoms with Gasteiger partial charge >= 0.3 is 0 Å². The van der Waals surface area contributed by atoms with Crippen molar-refractivity contribution in [3.05, 3.63) is 35.9 Å². The van der Waals surface area contributed by atoms with E-state index < -0.39 is 10.4 Å². The molecular formula is C12H15Cl2NO. The van der Waals surface area contributed by atoms with E-state index in [0.29, 0.717) is 0 Å². The minimum atomic E-state index is -0.963. The van der Waals surface area contributed by atoms with E-state index in [-0.39, 0.29) is 0 Å². The highest BCUT2D eigenvalue weighted by Gasteiger charge is 2.23. The van der Waals surface area contributed by atoms with Gasteiger partial charge in [-0.3, -0.25) is 0 Å². The lowest BCUT2D eigenvalue weighted by Crippen LogP contribution is -2.34. The van der Waals surface area contributed by atoms with E-state index in [1.807, 2.05) is 30.3 Å². The normalized spacial score (nSPS) is 14.1. The monoisotopic (exact) mass is 259 g/mol. The summed E-state index contributed by atoms with van der Waals surface area (Å²) in [5.41, 5.74) is 6.78. The number of nitrogens with two attached hydrogens (primary N) is 1. The van der Waals surface area contributed by atoms with E-state index in [1.54, 1.807) is 20.1 Å². The third kappa shape index (κ3) is 4.05. The molecule has 1 aromatic rings. The van der Waals surface area contributed by atoms with E-state index >= 15 is 0 Å². The number of rotatable bonds is 4. The maximum absolute atomic E-state index is 5.87. The van der Waals surface area contributed by atoms with Crippen LogP contribution in [0.4, 0.5) is 0 Å². The average molecular weight is 260 g/mol. The Labute approximate surface area is 106 Å². The summed E-state index contributed by atoms with van der Waals surface area (Å²) in [4.78, 5) is 0. The first kappa shape index (κ1) is 13.4. The van der Waals surface area contributed by atoms with Crippen LogP contribution in [0, 0.1) is 0 Å². The molecule has 1 atom stereocenters. The molecule has 0 aromatic heterocycles. The quantitative estimate of drug-likeness (QED) is 0.843. The summed E-state index contributed by atoms with van der Waals surface area (Å²) in [7, 11) is 1.63. The van der Waals surface area contributed by atoms with E-state index in [2.05, 4.69) is 0 Å². The van der Waals surface area contributed by atoms with Gasteiger partial charge in [0, 0.05) is 0 Å². The van der Waals surface area contributed by atoms with Gasteiger partial charge in [-0.1, -0.05) is 47.5 Å². The summed E-state index contributed by atoms with van der Waals surface area (Å²) < 4.78 is 4.15. The second-order valence-corrected chi connectivity index (χ2v) is 5.38. The summed E-state index contributed by atoms with van der Waals surface area (Å²) >= 11 is 11.7. The lowest BCUT2D eigenvalue weighted by atomic mass is 10.1. The molecule has 1 aromatic carbocycles. The van der Waals surface area contributed by atoms with Gasteiger partial charge in [-0.25, -0.2) is 0 Å². The Balaban J connectivity index is 2.76. The number of benzene rings is 1. The van der Waals surface area contributed by atoms with Crippen molar-refractivity contribution in [3.63, 3.8) is 0 Å². The van der Waals surface area contributed by atoms with Gasteiger partial charge in [-0.05, 0) is 24.6 Å². The van der Waals surface area contributed by atoms with Gasteiger partial charge in [0.05, 0.1) is 13.2 Å². The Morgan fingerprint density at radius 3 is 2.69 bits per heavy atom. The van der Waals surface area contributed by atoms with Crippen LogP contribution in [0.5, 0.6) is 5.75 Å². The molecule has 0 amide bonds. The van der Waals surface area contributed by atoms with Crippen molar-refractivity contribution in [2.45, 2.75) is 17.3 Å². The first-order valence-corrected chi connectivity index (χ1v) is 5.64. The highest BCUT2D eigenvalue weighted by atomic mass is 35.5. The van der Waals surface area contributed by atoms with Gasteiger partial charge in [-0.15, -0.1) is 0 Å². The van der Waals surface area contributed by atoms with Crippen LogP contribution < -0.4 is 10.5 Å². The average Bonchev–Trinajstić information content (AvgIpc) is 2.25. The highest BCUT2D eigenvalue weighted by Crippen LogP contribution is 2.24. The molecule has 0 heterocycles. The van der Waals surface area contributed by atoms with Crippen LogP contribution in [0.3, 0.4) is 0 Å². The molecule has 0 radical (unpaired) electrons. The molecule has 16 heavy (non-hydrogen) atoms. The zero-order valence-electron chi connectivity index (χ0n) is 9.28. The van der Waals surface area contributed by atoms with Crippen LogP contribution in [0.25, 0.3) is 6.08 Å². The van der Waals surface area contributed by atoms with Gasteiger partial charge in [0.15, 0.2) is 0 Å². The molecular weight excluding hydrogens is 245 g/mol. The zero-order chi connectivity index (χ0) is 12.2. The first-order valence-electron chi connectivity index (χ1n) is 4.89. The van der Waals surface area contributed by atoms with Crippen LogP contribution >= 0.6 is 23.2 Å². The summed E-state index contributed by atoms with van der Waals surface area (Å²) in [6, 6.07) is 7.23. The van der Waals surface area contributed by atoms with Crippen LogP contribution in [-0.2, 0) is 0 Å². The highest BCUT2D eigenvalue weighted by molar-refractivity contribution is 6.48. The Hall–Kier alpha value is -0.700. The van der Waals surface area contributed by atoms with Crippen LogP contribution in [0.2, 0.25) is 0 Å². The summed E-state index contributed by atoms with van der Waals surface area (Å²) in [6.07, 6.45) is 3.64. The second kappa shape index (κ2) is 5.58. The van der Waals surface area contributed by atoms with Gasteiger partial charge in [0.25, 0.3) is 0 Å². The molecule has 2 nitrogen and oxygen atoms in total. The largest absolute Gasteiger partial charge is 0.497 e. The van der Waals surface area contributed by atoms with E-state index in [0.717, 1.165) is 11.3 Å². The number of ether oxygens (including phenoxy) is 1. The molecule has 4 heteroatoms. The fourth-order valence-electron chi connectivity index (χ4n) is 1.13. The SMILES string of the molecule is COc1cccc(/C=C/C(N)C(C)(Cl)Cl)c1. The van der Waals surface area contributed by atoms with Gasteiger partial charge in [0.1, 0.15) is 10.1 Å². The summed E-state index contributed by atoms with van der Waals surface area (Å²) in [5.74, 6) is 0.801. The van der Waals surface area contributed by atoms with Crippen molar-refractivity contribution in [2.75, 3.05) is 7.11 Å². The Morgan fingerprint density at radius 1 is 1.44 bits per heavy atom. The minimum absolute atomic E-state index is 0.415. The Bertz CT molecular complexity index is 372. The van der Waals surface area contributed by atoms with Gasteiger partial charge in [0.2, 0.25) is 0 Å². The molecule has 0 spiro atoms. The van der Waals surface area contributed by atoms with Crippen molar-refractivity contribution in [1.82, 2.24) is 0 Å². The molecule has 2 N–H and O–H groups in total. The summed E-state index contributed by atoms with van der Waals surface area (Å²) in [5, 5.41) is 0. The van der Waals surface area contributed by atoms with Crippen molar-refractivity contribution in [1.29, 1.82) is 0 Å². The standard InChI is InChI=1S/C12H15Cl2NO/c1-12(13,14)11(15)7-6-9-4-3-5-10(8-9)16-2/h3-8,11H,15H2,1-2H3/b7-6+. The molecule has 0 saturated carbocycles. The molecule has 0 saturated heterocycles. The van der Waals surface area contributed by atoms with E-state index in [4.69, 9.17) is 33.7 Å². The lowest BCUT2D eigenvalue weighted by molar-refractivity contribution is 0.414. The molecule has 0 aliphatic heterocycles. The maximum atomic E-state index is 5.87. The smallest absolute Gasteiger partial charge is 0.134 e. The molecule has 88 valence electrons. The van der Waals surface area contributed by atoms with E-state index in [9.17, 15) is 0 Å². The van der Waals surface area contributed by atoms with Crippen LogP contribution in [-0.4, -0.2) is 17.5 Å². The lowest BCUT2D eigenvalue weighted by Gasteiger charge is -2.18. The molecule has 0 aliphatic rings. The first-order chi connectivity index (χ1) is 7.43. The predicted molar refractivity (Wildman–Crippen MR) is 70.1 cm³/mol. The van der Waals surface area contributed by atoms with Crippen molar-refractivity contribution >= 4 is 29.3 Å². The number of alkyl halides is 2. The fraction of sp³-hybridized carbons (Fsp3) is 0.333. The predicted octanol–water partition coefficient (Wildman–Crippen LogP) is 3.23. The molecule has 0 bridgehead atoms. The fourth-order valence-corrected chi connectivity index (χ4v) is 1.27. The van der Waals surface area contributed by atoms with Gasteiger partial charge in [-0.2, -0.15) is 0 Å². The molecule has 0 fully saturated rings. The zero-order valence-corrected chi connectivity index (χ0v) is 10.8. The number of hydrogen-bond donors (Lipinski definition) is 1. The van der Waals surface area contributed by atoms with Crippen molar-refractivity contribution < 1.29 is 4.74 Å². The number of halogens is 2. The number of hydrogen-bond acceptors (Lipinski definition) is 2. The summed E-state index contributed by atoms with van der Waals surface area (Å²) in [6.45, 7) is 1.66. The van der Waals surface area contributed by atoms with Crippen LogP contribution in [0.1, 0.15) is 12.5 Å². The Kier molecular flexibility index (Phi) is 4.66. The topological polar surface area (TPSA) is 35.2 Å². The molecule has 1 unspecified atom stereocenters. The minimum Gasteiger partial charge on any atom is -0.497 e. The van der Waals surface area contributed by atoms with Crippen molar-refractivity contribution in [2.24, 2.45) is 5.73 Å². The third-order valence-corrected chi connectivity index (χ3v) is 2.68.